The van der Waals surface area contributed by atoms with Crippen molar-refractivity contribution in [1.82, 2.24) is 10.2 Å². The number of rotatable bonds is 9. The van der Waals surface area contributed by atoms with Crippen LogP contribution < -0.4 is 10.1 Å². The van der Waals surface area contributed by atoms with Crippen molar-refractivity contribution in [2.24, 2.45) is 0 Å². The van der Waals surface area contributed by atoms with Gasteiger partial charge in [-0.3, -0.25) is 9.69 Å². The summed E-state index contributed by atoms with van der Waals surface area (Å²) in [6.07, 6.45) is 0.891. The van der Waals surface area contributed by atoms with Crippen molar-refractivity contribution in [3.05, 3.63) is 65.5 Å². The fourth-order valence-electron chi connectivity index (χ4n) is 3.05. The molecule has 1 heterocycles. The Morgan fingerprint density at radius 2 is 1.79 bits per heavy atom. The Balaban J connectivity index is 1.32. The molecule has 0 aromatic heterocycles. The van der Waals surface area contributed by atoms with Crippen LogP contribution in [0.25, 0.3) is 0 Å². The Hall–Kier alpha value is -2.44. The highest BCUT2D eigenvalue weighted by molar-refractivity contribution is 5.75. The van der Waals surface area contributed by atoms with E-state index in [2.05, 4.69) is 34.5 Å². The molecule has 0 spiro atoms. The number of benzene rings is 2. The number of morpholine rings is 1. The van der Waals surface area contributed by atoms with Gasteiger partial charge in [-0.05, 0) is 29.7 Å². The Labute approximate surface area is 165 Å². The fraction of sp³-hybridized carbons (Fsp3) is 0.409. The third-order valence-electron chi connectivity index (χ3n) is 4.66. The zero-order valence-electron chi connectivity index (χ0n) is 16.0. The Morgan fingerprint density at radius 3 is 2.54 bits per heavy atom. The van der Waals surface area contributed by atoms with Crippen LogP contribution in [0, 0.1) is 5.82 Å². The lowest BCUT2D eigenvalue weighted by atomic mass is 10.1. The minimum atomic E-state index is -0.385. The number of carbonyl (C=O) groups excluding carboxylic acids is 1. The molecule has 6 heteroatoms. The molecular formula is C22H27FN2O3. The van der Waals surface area contributed by atoms with Gasteiger partial charge >= 0.3 is 0 Å². The third-order valence-corrected chi connectivity index (χ3v) is 4.66. The summed E-state index contributed by atoms with van der Waals surface area (Å²) < 4.78 is 24.2. The summed E-state index contributed by atoms with van der Waals surface area (Å²) >= 11 is 0. The lowest BCUT2D eigenvalue weighted by Crippen LogP contribution is -2.35. The largest absolute Gasteiger partial charge is 0.491 e. The third kappa shape index (κ3) is 6.62. The lowest BCUT2D eigenvalue weighted by molar-refractivity contribution is -0.121. The van der Waals surface area contributed by atoms with E-state index in [0.717, 1.165) is 38.4 Å². The molecule has 0 saturated carbocycles. The predicted octanol–water partition coefficient (Wildman–Crippen LogP) is 3.13. The number of nitrogens with zero attached hydrogens (tertiary/aromatic N) is 1. The van der Waals surface area contributed by atoms with Crippen molar-refractivity contribution in [2.45, 2.75) is 25.9 Å². The van der Waals surface area contributed by atoms with E-state index in [0.29, 0.717) is 26.0 Å². The summed E-state index contributed by atoms with van der Waals surface area (Å²) in [7, 11) is 0. The molecule has 1 aliphatic heterocycles. The van der Waals surface area contributed by atoms with Crippen LogP contribution in [0.2, 0.25) is 0 Å². The molecule has 2 aromatic rings. The fourth-order valence-corrected chi connectivity index (χ4v) is 3.05. The number of hydrogen-bond donors (Lipinski definition) is 1. The van der Waals surface area contributed by atoms with Gasteiger partial charge in [-0.2, -0.15) is 0 Å². The van der Waals surface area contributed by atoms with Gasteiger partial charge in [-0.15, -0.1) is 0 Å². The van der Waals surface area contributed by atoms with Crippen molar-refractivity contribution < 1.29 is 18.7 Å². The average molecular weight is 386 g/mol. The highest BCUT2D eigenvalue weighted by Gasteiger charge is 2.10. The van der Waals surface area contributed by atoms with Gasteiger partial charge in [-0.1, -0.05) is 36.4 Å². The van der Waals surface area contributed by atoms with Gasteiger partial charge in [0, 0.05) is 32.6 Å². The monoisotopic (exact) mass is 386 g/mol. The number of hydrogen-bond acceptors (Lipinski definition) is 4. The molecule has 1 aliphatic rings. The van der Waals surface area contributed by atoms with E-state index in [1.807, 2.05) is 0 Å². The number of carbonyl (C=O) groups is 1. The van der Waals surface area contributed by atoms with Crippen LogP contribution in [0.15, 0.2) is 48.5 Å². The molecular weight excluding hydrogens is 359 g/mol. The molecule has 150 valence electrons. The normalized spacial score (nSPS) is 14.6. The molecule has 0 bridgehead atoms. The van der Waals surface area contributed by atoms with E-state index in [9.17, 15) is 9.18 Å². The summed E-state index contributed by atoms with van der Waals surface area (Å²) in [6.45, 7) is 5.29. The number of halogens is 1. The van der Waals surface area contributed by atoms with Gasteiger partial charge in [0.15, 0.2) is 11.6 Å². The second kappa shape index (κ2) is 10.8. The molecule has 3 rings (SSSR count). The van der Waals surface area contributed by atoms with Crippen molar-refractivity contribution in [3.63, 3.8) is 0 Å². The van der Waals surface area contributed by atoms with Gasteiger partial charge in [-0.25, -0.2) is 4.39 Å². The molecule has 28 heavy (non-hydrogen) atoms. The van der Waals surface area contributed by atoms with E-state index < -0.39 is 0 Å². The zero-order chi connectivity index (χ0) is 19.6. The van der Waals surface area contributed by atoms with Crippen molar-refractivity contribution in [1.29, 1.82) is 0 Å². The number of para-hydroxylation sites is 1. The predicted molar refractivity (Wildman–Crippen MR) is 106 cm³/mol. The maximum Gasteiger partial charge on any atom is 0.220 e. The first-order valence-electron chi connectivity index (χ1n) is 9.72. The van der Waals surface area contributed by atoms with E-state index in [1.54, 1.807) is 18.2 Å². The van der Waals surface area contributed by atoms with E-state index in [1.165, 1.54) is 11.6 Å². The molecule has 1 N–H and O–H groups in total. The van der Waals surface area contributed by atoms with Crippen LogP contribution in [0.1, 0.15) is 24.0 Å². The first kappa shape index (κ1) is 20.3. The van der Waals surface area contributed by atoms with E-state index >= 15 is 0 Å². The molecule has 0 radical (unpaired) electrons. The van der Waals surface area contributed by atoms with E-state index in [4.69, 9.17) is 9.47 Å². The second-order valence-corrected chi connectivity index (χ2v) is 6.86. The second-order valence-electron chi connectivity index (χ2n) is 6.86. The van der Waals surface area contributed by atoms with Gasteiger partial charge in [0.1, 0.15) is 0 Å². The SMILES string of the molecule is O=C(CCCOc1ccccc1F)NCc1ccc(CN2CCOCC2)cc1. The standard InChI is InChI=1S/C22H27FN2O3/c23-20-4-1-2-5-21(20)28-13-3-6-22(26)24-16-18-7-9-19(10-8-18)17-25-11-14-27-15-12-25/h1-2,4-5,7-10H,3,6,11-17H2,(H,24,26). The summed E-state index contributed by atoms with van der Waals surface area (Å²) in [4.78, 5) is 14.3. The molecule has 1 saturated heterocycles. The first-order valence-corrected chi connectivity index (χ1v) is 9.72. The van der Waals surface area contributed by atoms with Crippen LogP contribution >= 0.6 is 0 Å². The Bertz CT molecular complexity index is 746. The Kier molecular flexibility index (Phi) is 7.82. The number of ether oxygens (including phenoxy) is 2. The number of amides is 1. The molecule has 2 aromatic carbocycles. The zero-order valence-corrected chi connectivity index (χ0v) is 16.0. The van der Waals surface area contributed by atoms with Crippen LogP contribution in [-0.4, -0.2) is 43.7 Å². The smallest absolute Gasteiger partial charge is 0.220 e. The van der Waals surface area contributed by atoms with Crippen LogP contribution in [0.3, 0.4) is 0 Å². The van der Waals surface area contributed by atoms with Gasteiger partial charge in [0.05, 0.1) is 19.8 Å². The van der Waals surface area contributed by atoms with Gasteiger partial charge in [0.2, 0.25) is 5.91 Å². The summed E-state index contributed by atoms with van der Waals surface area (Å²) in [5.41, 5.74) is 2.34. The highest BCUT2D eigenvalue weighted by Crippen LogP contribution is 2.15. The average Bonchev–Trinajstić information content (AvgIpc) is 2.73. The van der Waals surface area contributed by atoms with Crippen LogP contribution in [0.4, 0.5) is 4.39 Å². The maximum absolute atomic E-state index is 13.4. The maximum atomic E-state index is 13.4. The minimum absolute atomic E-state index is 0.0328. The molecule has 0 aliphatic carbocycles. The molecule has 1 amide bonds. The molecule has 0 unspecified atom stereocenters. The van der Waals surface area contributed by atoms with Gasteiger partial charge in [0.25, 0.3) is 0 Å². The minimum Gasteiger partial charge on any atom is -0.491 e. The highest BCUT2D eigenvalue weighted by atomic mass is 19.1. The van der Waals surface area contributed by atoms with Crippen molar-refractivity contribution in [2.75, 3.05) is 32.9 Å². The lowest BCUT2D eigenvalue weighted by Gasteiger charge is -2.26. The van der Waals surface area contributed by atoms with Crippen molar-refractivity contribution in [3.8, 4) is 5.75 Å². The summed E-state index contributed by atoms with van der Waals surface area (Å²) in [6, 6.07) is 14.6. The summed E-state index contributed by atoms with van der Waals surface area (Å²) in [5.74, 6) is -0.196. The van der Waals surface area contributed by atoms with E-state index in [-0.39, 0.29) is 17.5 Å². The molecule has 0 atom stereocenters. The van der Waals surface area contributed by atoms with Crippen molar-refractivity contribution >= 4 is 5.91 Å². The number of nitrogens with one attached hydrogen (secondary N) is 1. The Morgan fingerprint density at radius 1 is 1.07 bits per heavy atom. The molecule has 1 fully saturated rings. The van der Waals surface area contributed by atoms with Gasteiger partial charge < -0.3 is 14.8 Å². The first-order chi connectivity index (χ1) is 13.7. The van der Waals surface area contributed by atoms with Crippen LogP contribution in [0.5, 0.6) is 5.75 Å². The molecule has 5 nitrogen and oxygen atoms in total. The van der Waals surface area contributed by atoms with Crippen LogP contribution in [-0.2, 0) is 22.6 Å². The quantitative estimate of drug-likeness (QED) is 0.673. The topological polar surface area (TPSA) is 50.8 Å². The summed E-state index contributed by atoms with van der Waals surface area (Å²) in [5, 5.41) is 2.91.